The van der Waals surface area contributed by atoms with Crippen LogP contribution in [-0.4, -0.2) is 39.9 Å². The number of carbonyl (C=O) groups is 1. The summed E-state index contributed by atoms with van der Waals surface area (Å²) in [4.78, 5) is 29.1. The molecule has 0 saturated carbocycles. The summed E-state index contributed by atoms with van der Waals surface area (Å²) in [7, 11) is 3.28. The second-order valence-corrected chi connectivity index (χ2v) is 8.21. The standard InChI is InChI=1S/C27H22N4O3/c1-33-21-9-5-7-17-23-22(34-2)14-29-19(26(23)31-24(17)21)10-11-20(32)27-25-16(12-13-28-27)15-6-3-4-8-18(15)30-25/h3-9,12-14,30-31H,10-11H2,1-2H3. The molecule has 2 N–H and O–H groups in total. The molecule has 0 radical (unpaired) electrons. The molecular formula is C27H22N4O3. The van der Waals surface area contributed by atoms with Gasteiger partial charge in [0.05, 0.1) is 48.0 Å². The molecule has 0 amide bonds. The molecule has 0 aliphatic rings. The van der Waals surface area contributed by atoms with Crippen LogP contribution >= 0.6 is 0 Å². The van der Waals surface area contributed by atoms with Crippen molar-refractivity contribution in [2.24, 2.45) is 0 Å². The van der Waals surface area contributed by atoms with E-state index in [9.17, 15) is 4.79 Å². The Labute approximate surface area is 194 Å². The first-order valence-corrected chi connectivity index (χ1v) is 11.1. The van der Waals surface area contributed by atoms with Gasteiger partial charge in [0.15, 0.2) is 5.78 Å². The molecule has 6 aromatic rings. The van der Waals surface area contributed by atoms with Gasteiger partial charge in [0, 0.05) is 34.3 Å². The number of rotatable bonds is 6. The second kappa shape index (κ2) is 7.88. The smallest absolute Gasteiger partial charge is 0.183 e. The second-order valence-electron chi connectivity index (χ2n) is 8.21. The molecular weight excluding hydrogens is 428 g/mol. The lowest BCUT2D eigenvalue weighted by Crippen LogP contribution is -2.06. The van der Waals surface area contributed by atoms with Gasteiger partial charge in [0.25, 0.3) is 0 Å². The summed E-state index contributed by atoms with van der Waals surface area (Å²) in [5, 5.41) is 4.01. The van der Waals surface area contributed by atoms with Crippen LogP contribution in [0.4, 0.5) is 0 Å². The Morgan fingerprint density at radius 2 is 1.65 bits per heavy atom. The zero-order valence-electron chi connectivity index (χ0n) is 18.8. The van der Waals surface area contributed by atoms with Crippen LogP contribution in [0.15, 0.2) is 60.9 Å². The number of carbonyl (C=O) groups excluding carboxylic acids is 1. The van der Waals surface area contributed by atoms with Crippen LogP contribution in [0, 0.1) is 0 Å². The Balaban J connectivity index is 1.39. The van der Waals surface area contributed by atoms with E-state index in [2.05, 4.69) is 19.9 Å². The topological polar surface area (TPSA) is 92.9 Å². The van der Waals surface area contributed by atoms with Gasteiger partial charge < -0.3 is 19.4 Å². The number of ether oxygens (including phenoxy) is 2. The third-order valence-corrected chi connectivity index (χ3v) is 6.39. The molecule has 7 nitrogen and oxygen atoms in total. The number of aromatic nitrogens is 4. The maximum Gasteiger partial charge on any atom is 0.183 e. The van der Waals surface area contributed by atoms with Crippen molar-refractivity contribution in [1.82, 2.24) is 19.9 Å². The largest absolute Gasteiger partial charge is 0.495 e. The fraction of sp³-hybridized carbons (Fsp3) is 0.148. The number of para-hydroxylation sites is 2. The summed E-state index contributed by atoms with van der Waals surface area (Å²) in [6.07, 6.45) is 4.16. The number of nitrogens with zero attached hydrogens (tertiary/aromatic N) is 2. The molecule has 0 bridgehead atoms. The number of benzene rings is 2. The van der Waals surface area contributed by atoms with Crippen LogP contribution < -0.4 is 9.47 Å². The normalized spacial score (nSPS) is 11.6. The highest BCUT2D eigenvalue weighted by atomic mass is 16.5. The van der Waals surface area contributed by atoms with Gasteiger partial charge in [-0.25, -0.2) is 0 Å². The highest BCUT2D eigenvalue weighted by Gasteiger charge is 2.19. The molecule has 4 aromatic heterocycles. The van der Waals surface area contributed by atoms with Gasteiger partial charge in [0.1, 0.15) is 17.2 Å². The molecule has 0 fully saturated rings. The highest BCUT2D eigenvalue weighted by molar-refractivity contribution is 6.15. The Morgan fingerprint density at radius 1 is 0.824 bits per heavy atom. The molecule has 0 spiro atoms. The number of methoxy groups -OCH3 is 2. The van der Waals surface area contributed by atoms with Gasteiger partial charge >= 0.3 is 0 Å². The van der Waals surface area contributed by atoms with Gasteiger partial charge in [-0.3, -0.25) is 14.8 Å². The minimum Gasteiger partial charge on any atom is -0.495 e. The maximum absolute atomic E-state index is 13.3. The number of pyridine rings is 2. The average Bonchev–Trinajstić information content (AvgIpc) is 3.46. The van der Waals surface area contributed by atoms with E-state index >= 15 is 0 Å². The predicted octanol–water partition coefficient (Wildman–Crippen LogP) is 5.58. The minimum absolute atomic E-state index is 0.0309. The summed E-state index contributed by atoms with van der Waals surface area (Å²) in [5.74, 6) is 1.39. The fourth-order valence-electron chi connectivity index (χ4n) is 4.78. The molecule has 7 heteroatoms. The molecule has 6 rings (SSSR count). The minimum atomic E-state index is -0.0309. The zero-order valence-corrected chi connectivity index (χ0v) is 18.8. The van der Waals surface area contributed by atoms with Gasteiger partial charge in [-0.2, -0.15) is 0 Å². The first-order chi connectivity index (χ1) is 16.7. The van der Waals surface area contributed by atoms with E-state index < -0.39 is 0 Å². The van der Waals surface area contributed by atoms with Crippen LogP contribution in [-0.2, 0) is 6.42 Å². The van der Waals surface area contributed by atoms with E-state index in [0.717, 1.165) is 55.1 Å². The van der Waals surface area contributed by atoms with Crippen LogP contribution in [0.3, 0.4) is 0 Å². The number of fused-ring (bicyclic) bond motifs is 6. The van der Waals surface area contributed by atoms with E-state index in [1.807, 2.05) is 48.5 Å². The maximum atomic E-state index is 13.3. The molecule has 0 unspecified atom stereocenters. The van der Waals surface area contributed by atoms with E-state index in [1.54, 1.807) is 26.6 Å². The lowest BCUT2D eigenvalue weighted by molar-refractivity contribution is 0.0979. The highest BCUT2D eigenvalue weighted by Crippen LogP contribution is 2.38. The molecule has 2 aromatic carbocycles. The number of aryl methyl sites for hydroxylation is 1. The van der Waals surface area contributed by atoms with Crippen LogP contribution in [0.2, 0.25) is 0 Å². The Bertz CT molecular complexity index is 1710. The van der Waals surface area contributed by atoms with E-state index in [0.29, 0.717) is 17.9 Å². The van der Waals surface area contributed by atoms with Gasteiger partial charge in [0.2, 0.25) is 0 Å². The van der Waals surface area contributed by atoms with Crippen molar-refractivity contribution < 1.29 is 14.3 Å². The van der Waals surface area contributed by atoms with Crippen molar-refractivity contribution in [1.29, 1.82) is 0 Å². The third-order valence-electron chi connectivity index (χ3n) is 6.39. The zero-order chi connectivity index (χ0) is 23.2. The van der Waals surface area contributed by atoms with Crippen molar-refractivity contribution in [2.75, 3.05) is 14.2 Å². The van der Waals surface area contributed by atoms with Crippen LogP contribution in [0.5, 0.6) is 11.5 Å². The molecule has 34 heavy (non-hydrogen) atoms. The number of hydrogen-bond donors (Lipinski definition) is 2. The summed E-state index contributed by atoms with van der Waals surface area (Å²) in [6, 6.07) is 15.8. The molecule has 4 heterocycles. The van der Waals surface area contributed by atoms with E-state index in [1.165, 1.54) is 0 Å². The fourth-order valence-corrected chi connectivity index (χ4v) is 4.78. The first kappa shape index (κ1) is 20.2. The summed E-state index contributed by atoms with van der Waals surface area (Å²) < 4.78 is 11.1. The average molecular weight is 450 g/mol. The van der Waals surface area contributed by atoms with Gasteiger partial charge in [-0.15, -0.1) is 0 Å². The van der Waals surface area contributed by atoms with Crippen molar-refractivity contribution in [3.63, 3.8) is 0 Å². The van der Waals surface area contributed by atoms with Crippen molar-refractivity contribution in [3.8, 4) is 11.5 Å². The number of Topliss-reactive ketones (excluding diaryl/α,β-unsaturated/α-hetero) is 1. The number of H-pyrrole nitrogens is 2. The number of hydrogen-bond acceptors (Lipinski definition) is 5. The summed E-state index contributed by atoms with van der Waals surface area (Å²) >= 11 is 0. The lowest BCUT2D eigenvalue weighted by Gasteiger charge is -2.07. The van der Waals surface area contributed by atoms with Gasteiger partial charge in [-0.1, -0.05) is 30.3 Å². The van der Waals surface area contributed by atoms with E-state index in [-0.39, 0.29) is 12.2 Å². The van der Waals surface area contributed by atoms with Crippen molar-refractivity contribution >= 4 is 49.4 Å². The van der Waals surface area contributed by atoms with Crippen molar-refractivity contribution in [3.05, 3.63) is 72.3 Å². The lowest BCUT2D eigenvalue weighted by atomic mass is 10.1. The van der Waals surface area contributed by atoms with Crippen molar-refractivity contribution in [2.45, 2.75) is 12.8 Å². The quantitative estimate of drug-likeness (QED) is 0.323. The Morgan fingerprint density at radius 3 is 2.50 bits per heavy atom. The first-order valence-electron chi connectivity index (χ1n) is 11.1. The summed E-state index contributed by atoms with van der Waals surface area (Å²) in [5.41, 5.74) is 4.75. The SMILES string of the molecule is COc1cccc2c1[nH]c1c(CCC(=O)c3nccc4c3[nH]c3ccccc34)ncc(OC)c12. The Hall–Kier alpha value is -4.39. The summed E-state index contributed by atoms with van der Waals surface area (Å²) in [6.45, 7) is 0. The van der Waals surface area contributed by atoms with Gasteiger partial charge in [-0.05, 0) is 24.6 Å². The number of aromatic amines is 2. The number of nitrogens with one attached hydrogen (secondary N) is 2. The van der Waals surface area contributed by atoms with E-state index in [4.69, 9.17) is 9.47 Å². The monoisotopic (exact) mass is 450 g/mol. The third kappa shape index (κ3) is 3.01. The Kier molecular flexibility index (Phi) is 4.69. The van der Waals surface area contributed by atoms with Crippen LogP contribution in [0.25, 0.3) is 43.6 Å². The van der Waals surface area contributed by atoms with Crippen LogP contribution in [0.1, 0.15) is 22.6 Å². The molecule has 0 saturated heterocycles. The molecule has 0 atom stereocenters. The molecule has 168 valence electrons. The predicted molar refractivity (Wildman–Crippen MR) is 133 cm³/mol. The number of ketones is 1. The molecule has 0 aliphatic carbocycles. The molecule has 0 aliphatic heterocycles.